The summed E-state index contributed by atoms with van der Waals surface area (Å²) in [5.74, 6) is -2.49. The van der Waals surface area contributed by atoms with Gasteiger partial charge in [0.25, 0.3) is 0 Å². The molecule has 2 aliphatic rings. The molecule has 2 N–H and O–H groups in total. The second kappa shape index (κ2) is 6.26. The van der Waals surface area contributed by atoms with Crippen LogP contribution in [0.15, 0.2) is 18.2 Å². The Hall–Kier alpha value is -2.37. The molecular weight excluding hydrogens is 310 g/mol. The summed E-state index contributed by atoms with van der Waals surface area (Å²) >= 11 is 0. The van der Waals surface area contributed by atoms with Gasteiger partial charge >= 0.3 is 11.9 Å². The Bertz CT molecular complexity index is 699. The highest BCUT2D eigenvalue weighted by Gasteiger charge is 2.54. The molecule has 24 heavy (non-hydrogen) atoms. The number of methoxy groups -OCH3 is 1. The SMILES string of the molecule is COC(=O)c1ccc(C)c(NC(=O)[C@@H]2[C@H]3CC[C@@H](C3)[C@@H]2C(=O)O)c1. The molecule has 2 bridgehead atoms. The summed E-state index contributed by atoms with van der Waals surface area (Å²) in [5, 5.41) is 12.3. The molecule has 1 aromatic carbocycles. The lowest BCUT2D eigenvalue weighted by Crippen LogP contribution is -2.38. The van der Waals surface area contributed by atoms with Crippen LogP contribution in [0.5, 0.6) is 0 Å². The average molecular weight is 331 g/mol. The molecule has 2 aliphatic carbocycles. The van der Waals surface area contributed by atoms with Gasteiger partial charge in [-0.3, -0.25) is 9.59 Å². The van der Waals surface area contributed by atoms with E-state index in [9.17, 15) is 19.5 Å². The second-order valence-corrected chi connectivity index (χ2v) is 6.73. The van der Waals surface area contributed by atoms with E-state index in [0.717, 1.165) is 24.8 Å². The number of nitrogens with one attached hydrogen (secondary N) is 1. The van der Waals surface area contributed by atoms with Crippen molar-refractivity contribution in [3.63, 3.8) is 0 Å². The summed E-state index contributed by atoms with van der Waals surface area (Å²) in [5.41, 5.74) is 1.68. The van der Waals surface area contributed by atoms with Gasteiger partial charge in [0, 0.05) is 5.69 Å². The van der Waals surface area contributed by atoms with E-state index >= 15 is 0 Å². The molecule has 0 saturated heterocycles. The average Bonchev–Trinajstić information content (AvgIpc) is 3.17. The van der Waals surface area contributed by atoms with Gasteiger partial charge in [-0.15, -0.1) is 0 Å². The summed E-state index contributed by atoms with van der Waals surface area (Å²) in [6, 6.07) is 4.94. The number of hydrogen-bond donors (Lipinski definition) is 2. The van der Waals surface area contributed by atoms with Gasteiger partial charge in [0.2, 0.25) is 5.91 Å². The van der Waals surface area contributed by atoms with E-state index in [1.807, 2.05) is 6.92 Å². The molecule has 1 amide bonds. The third-order valence-corrected chi connectivity index (χ3v) is 5.42. The molecule has 6 heteroatoms. The number of carboxylic acid groups (broad SMARTS) is 1. The van der Waals surface area contributed by atoms with Crippen LogP contribution in [-0.4, -0.2) is 30.1 Å². The first-order valence-corrected chi connectivity index (χ1v) is 8.15. The number of aliphatic carboxylic acids is 1. The molecular formula is C18H21NO5. The van der Waals surface area contributed by atoms with Crippen molar-refractivity contribution in [1.82, 2.24) is 0 Å². The van der Waals surface area contributed by atoms with E-state index in [0.29, 0.717) is 11.3 Å². The van der Waals surface area contributed by atoms with Gasteiger partial charge in [-0.1, -0.05) is 6.07 Å². The molecule has 0 unspecified atom stereocenters. The van der Waals surface area contributed by atoms with Crippen molar-refractivity contribution in [2.75, 3.05) is 12.4 Å². The van der Waals surface area contributed by atoms with Crippen LogP contribution in [-0.2, 0) is 14.3 Å². The highest BCUT2D eigenvalue weighted by atomic mass is 16.5. The fourth-order valence-electron chi connectivity index (χ4n) is 4.24. The van der Waals surface area contributed by atoms with Crippen molar-refractivity contribution in [2.45, 2.75) is 26.2 Å². The van der Waals surface area contributed by atoms with Gasteiger partial charge in [-0.2, -0.15) is 0 Å². The first-order chi connectivity index (χ1) is 11.4. The zero-order valence-electron chi connectivity index (χ0n) is 13.7. The van der Waals surface area contributed by atoms with Crippen LogP contribution < -0.4 is 5.32 Å². The number of amides is 1. The standard InChI is InChI=1S/C18H21NO5/c1-9-3-4-12(18(23)24-2)8-13(9)19-16(20)14-10-5-6-11(7-10)15(14)17(21)22/h3-4,8,10-11,14-15H,5-7H2,1-2H3,(H,19,20)(H,21,22)/t10-,11-,14+,15-/m0/s1. The Morgan fingerprint density at radius 3 is 2.46 bits per heavy atom. The molecule has 2 fully saturated rings. The molecule has 0 aliphatic heterocycles. The number of aryl methyl sites for hydroxylation is 1. The van der Waals surface area contributed by atoms with Gasteiger partial charge in [0.1, 0.15) is 0 Å². The second-order valence-electron chi connectivity index (χ2n) is 6.73. The van der Waals surface area contributed by atoms with Crippen molar-refractivity contribution < 1.29 is 24.2 Å². The maximum atomic E-state index is 12.7. The highest BCUT2D eigenvalue weighted by molar-refractivity contribution is 5.98. The summed E-state index contributed by atoms with van der Waals surface area (Å²) in [7, 11) is 1.30. The molecule has 4 atom stereocenters. The molecule has 0 radical (unpaired) electrons. The monoisotopic (exact) mass is 331 g/mol. The minimum absolute atomic E-state index is 0.103. The van der Waals surface area contributed by atoms with E-state index in [-0.39, 0.29) is 17.7 Å². The smallest absolute Gasteiger partial charge is 0.337 e. The van der Waals surface area contributed by atoms with Gasteiger partial charge in [-0.25, -0.2) is 4.79 Å². The van der Waals surface area contributed by atoms with E-state index < -0.39 is 23.8 Å². The number of anilines is 1. The highest BCUT2D eigenvalue weighted by Crippen LogP contribution is 2.52. The predicted molar refractivity (Wildman–Crippen MR) is 86.6 cm³/mol. The van der Waals surface area contributed by atoms with Crippen LogP contribution in [0, 0.1) is 30.6 Å². The Morgan fingerprint density at radius 1 is 1.17 bits per heavy atom. The Morgan fingerprint density at radius 2 is 1.83 bits per heavy atom. The number of hydrogen-bond acceptors (Lipinski definition) is 4. The molecule has 128 valence electrons. The molecule has 0 spiro atoms. The fourth-order valence-corrected chi connectivity index (χ4v) is 4.24. The normalized spacial score (nSPS) is 27.8. The minimum Gasteiger partial charge on any atom is -0.481 e. The van der Waals surface area contributed by atoms with E-state index in [1.54, 1.807) is 18.2 Å². The van der Waals surface area contributed by atoms with Crippen molar-refractivity contribution in [3.8, 4) is 0 Å². The lowest BCUT2D eigenvalue weighted by Gasteiger charge is -2.27. The number of benzene rings is 1. The molecule has 0 aromatic heterocycles. The number of fused-ring (bicyclic) bond motifs is 2. The van der Waals surface area contributed by atoms with Crippen LogP contribution in [0.3, 0.4) is 0 Å². The van der Waals surface area contributed by atoms with Crippen LogP contribution >= 0.6 is 0 Å². The largest absolute Gasteiger partial charge is 0.481 e. The molecule has 2 saturated carbocycles. The number of rotatable bonds is 4. The van der Waals surface area contributed by atoms with E-state index in [1.165, 1.54) is 7.11 Å². The zero-order valence-corrected chi connectivity index (χ0v) is 13.7. The molecule has 3 rings (SSSR count). The van der Waals surface area contributed by atoms with Crippen LogP contribution in [0.4, 0.5) is 5.69 Å². The predicted octanol–water partition coefficient (Wildman–Crippen LogP) is 2.47. The Labute approximate surface area is 140 Å². The Balaban J connectivity index is 1.82. The number of carboxylic acids is 1. The Kier molecular flexibility index (Phi) is 4.30. The van der Waals surface area contributed by atoms with Crippen LogP contribution in [0.25, 0.3) is 0 Å². The van der Waals surface area contributed by atoms with Gasteiger partial charge < -0.3 is 15.2 Å². The van der Waals surface area contributed by atoms with Gasteiger partial charge in [0.15, 0.2) is 0 Å². The molecule has 0 heterocycles. The summed E-state index contributed by atoms with van der Waals surface area (Å²) in [4.78, 5) is 36.0. The maximum absolute atomic E-state index is 12.7. The zero-order chi connectivity index (χ0) is 17.4. The van der Waals surface area contributed by atoms with Crippen molar-refractivity contribution in [3.05, 3.63) is 29.3 Å². The third kappa shape index (κ3) is 2.77. The third-order valence-electron chi connectivity index (χ3n) is 5.42. The fraction of sp³-hybridized carbons (Fsp3) is 0.500. The van der Waals surface area contributed by atoms with Crippen LogP contribution in [0.2, 0.25) is 0 Å². The number of carbonyl (C=O) groups is 3. The number of ether oxygens (including phenoxy) is 1. The van der Waals surface area contributed by atoms with E-state index in [2.05, 4.69) is 5.32 Å². The lowest BCUT2D eigenvalue weighted by atomic mass is 9.78. The summed E-state index contributed by atoms with van der Waals surface area (Å²) in [6.45, 7) is 1.83. The number of carbonyl (C=O) groups excluding carboxylic acids is 2. The van der Waals surface area contributed by atoms with Crippen molar-refractivity contribution in [1.29, 1.82) is 0 Å². The lowest BCUT2D eigenvalue weighted by molar-refractivity contribution is -0.148. The topological polar surface area (TPSA) is 92.7 Å². The van der Waals surface area contributed by atoms with Crippen molar-refractivity contribution in [2.24, 2.45) is 23.7 Å². The minimum atomic E-state index is -0.887. The van der Waals surface area contributed by atoms with Crippen LogP contribution in [0.1, 0.15) is 35.2 Å². The molecule has 6 nitrogen and oxygen atoms in total. The van der Waals surface area contributed by atoms with Gasteiger partial charge in [0.05, 0.1) is 24.5 Å². The maximum Gasteiger partial charge on any atom is 0.337 e. The number of esters is 1. The van der Waals surface area contributed by atoms with Crippen molar-refractivity contribution >= 4 is 23.5 Å². The summed E-state index contributed by atoms with van der Waals surface area (Å²) in [6.07, 6.45) is 2.62. The quantitative estimate of drug-likeness (QED) is 0.827. The first kappa shape index (κ1) is 16.5. The first-order valence-electron chi connectivity index (χ1n) is 8.15. The van der Waals surface area contributed by atoms with Gasteiger partial charge in [-0.05, 0) is 55.7 Å². The molecule has 1 aromatic rings. The summed E-state index contributed by atoms with van der Waals surface area (Å²) < 4.78 is 4.70. The van der Waals surface area contributed by atoms with E-state index in [4.69, 9.17) is 4.74 Å².